The molecule has 0 aliphatic heterocycles. The Kier molecular flexibility index (Phi) is 6.51. The number of amides is 1. The van der Waals surface area contributed by atoms with Crippen LogP contribution in [0.4, 0.5) is 9.39 Å². The molecule has 2 aromatic carbocycles. The molecule has 0 saturated heterocycles. The zero-order valence-corrected chi connectivity index (χ0v) is 17.1. The standard InChI is InChI=1S/C21H17ClFNO4S/c1-12(28-16-5-3-4-14(22)10-16)19(25)24-20-18(21(26)27-2)17(11-29-20)13-6-8-15(23)9-7-13/h3-12H,1-2H3,(H,24,25). The quantitative estimate of drug-likeness (QED) is 0.528. The first-order valence-corrected chi connectivity index (χ1v) is 9.83. The highest BCUT2D eigenvalue weighted by Crippen LogP contribution is 2.36. The Hall–Kier alpha value is -2.90. The molecular formula is C21H17ClFNO4S. The van der Waals surface area contributed by atoms with E-state index in [0.717, 1.165) is 0 Å². The summed E-state index contributed by atoms with van der Waals surface area (Å²) in [5, 5.41) is 5.23. The van der Waals surface area contributed by atoms with Crippen molar-refractivity contribution >= 4 is 39.8 Å². The van der Waals surface area contributed by atoms with E-state index in [0.29, 0.717) is 26.9 Å². The Bertz CT molecular complexity index is 1040. The fourth-order valence-corrected chi connectivity index (χ4v) is 3.75. The number of esters is 1. The van der Waals surface area contributed by atoms with Gasteiger partial charge in [0.25, 0.3) is 5.91 Å². The zero-order valence-electron chi connectivity index (χ0n) is 15.6. The van der Waals surface area contributed by atoms with Crippen LogP contribution in [0.3, 0.4) is 0 Å². The third-order valence-corrected chi connectivity index (χ3v) is 5.18. The van der Waals surface area contributed by atoms with Gasteiger partial charge in [0.1, 0.15) is 22.1 Å². The van der Waals surface area contributed by atoms with Gasteiger partial charge in [-0.25, -0.2) is 9.18 Å². The van der Waals surface area contributed by atoms with Gasteiger partial charge < -0.3 is 14.8 Å². The summed E-state index contributed by atoms with van der Waals surface area (Å²) in [7, 11) is 1.25. The monoisotopic (exact) mass is 433 g/mol. The van der Waals surface area contributed by atoms with Crippen molar-refractivity contribution < 1.29 is 23.5 Å². The van der Waals surface area contributed by atoms with Gasteiger partial charge in [-0.05, 0) is 42.8 Å². The second-order valence-electron chi connectivity index (χ2n) is 6.06. The molecule has 3 aromatic rings. The number of hydrogen-bond donors (Lipinski definition) is 1. The molecule has 0 fully saturated rings. The molecule has 0 saturated carbocycles. The summed E-state index contributed by atoms with van der Waals surface area (Å²) in [6, 6.07) is 12.4. The minimum atomic E-state index is -0.838. The molecule has 1 aromatic heterocycles. The van der Waals surface area contributed by atoms with Crippen LogP contribution >= 0.6 is 22.9 Å². The predicted octanol–water partition coefficient (Wildman–Crippen LogP) is 5.40. The third-order valence-electron chi connectivity index (χ3n) is 4.05. The Balaban J connectivity index is 1.83. The molecule has 0 aliphatic rings. The van der Waals surface area contributed by atoms with E-state index in [1.54, 1.807) is 48.7 Å². The second kappa shape index (κ2) is 9.07. The van der Waals surface area contributed by atoms with Crippen molar-refractivity contribution in [1.82, 2.24) is 0 Å². The Morgan fingerprint density at radius 3 is 2.55 bits per heavy atom. The number of thiophene rings is 1. The summed E-state index contributed by atoms with van der Waals surface area (Å²) in [6.45, 7) is 1.59. The van der Waals surface area contributed by atoms with Crippen molar-refractivity contribution in [2.75, 3.05) is 12.4 Å². The summed E-state index contributed by atoms with van der Waals surface area (Å²) in [4.78, 5) is 24.9. The van der Waals surface area contributed by atoms with Crippen LogP contribution in [0.15, 0.2) is 53.9 Å². The highest BCUT2D eigenvalue weighted by molar-refractivity contribution is 7.15. The number of halogens is 2. The number of methoxy groups -OCH3 is 1. The minimum absolute atomic E-state index is 0.201. The van der Waals surface area contributed by atoms with Crippen LogP contribution in [0, 0.1) is 5.82 Å². The van der Waals surface area contributed by atoms with Gasteiger partial charge in [-0.15, -0.1) is 11.3 Å². The Morgan fingerprint density at radius 2 is 1.90 bits per heavy atom. The molecule has 5 nitrogen and oxygen atoms in total. The van der Waals surface area contributed by atoms with Crippen molar-refractivity contribution in [3.63, 3.8) is 0 Å². The van der Waals surface area contributed by atoms with Crippen LogP contribution in [0.25, 0.3) is 11.1 Å². The van der Waals surface area contributed by atoms with Gasteiger partial charge >= 0.3 is 5.97 Å². The molecule has 0 aliphatic carbocycles. The molecule has 3 rings (SSSR count). The molecule has 29 heavy (non-hydrogen) atoms. The van der Waals surface area contributed by atoms with Crippen molar-refractivity contribution in [2.24, 2.45) is 0 Å². The maximum atomic E-state index is 13.2. The van der Waals surface area contributed by atoms with Crippen LogP contribution in [-0.4, -0.2) is 25.1 Å². The van der Waals surface area contributed by atoms with Crippen LogP contribution in [-0.2, 0) is 9.53 Å². The van der Waals surface area contributed by atoms with E-state index < -0.39 is 18.0 Å². The van der Waals surface area contributed by atoms with E-state index >= 15 is 0 Å². The number of hydrogen-bond acceptors (Lipinski definition) is 5. The van der Waals surface area contributed by atoms with Crippen LogP contribution in [0.2, 0.25) is 5.02 Å². The van der Waals surface area contributed by atoms with Crippen molar-refractivity contribution in [2.45, 2.75) is 13.0 Å². The van der Waals surface area contributed by atoms with Crippen LogP contribution < -0.4 is 10.1 Å². The maximum Gasteiger partial charge on any atom is 0.341 e. The third kappa shape index (κ3) is 4.93. The Labute approximate surface area is 176 Å². The van der Waals surface area contributed by atoms with Crippen LogP contribution in [0.5, 0.6) is 5.75 Å². The number of ether oxygens (including phenoxy) is 2. The molecule has 150 valence electrons. The highest BCUT2D eigenvalue weighted by atomic mass is 35.5. The highest BCUT2D eigenvalue weighted by Gasteiger charge is 2.24. The second-order valence-corrected chi connectivity index (χ2v) is 7.37. The molecule has 1 atom stereocenters. The molecule has 0 spiro atoms. The largest absolute Gasteiger partial charge is 0.481 e. The predicted molar refractivity (Wildman–Crippen MR) is 111 cm³/mol. The van der Waals surface area contributed by atoms with Gasteiger partial charge in [0, 0.05) is 16.0 Å². The lowest BCUT2D eigenvalue weighted by atomic mass is 10.0. The smallest absolute Gasteiger partial charge is 0.341 e. The number of anilines is 1. The zero-order chi connectivity index (χ0) is 21.0. The number of nitrogens with one attached hydrogen (secondary N) is 1. The number of carbonyl (C=O) groups is 2. The van der Waals surface area contributed by atoms with Crippen molar-refractivity contribution in [3.8, 4) is 16.9 Å². The summed E-state index contributed by atoms with van der Waals surface area (Å²) in [6.07, 6.45) is -0.838. The fourth-order valence-electron chi connectivity index (χ4n) is 2.61. The molecule has 0 radical (unpaired) electrons. The normalized spacial score (nSPS) is 11.6. The average molecular weight is 434 g/mol. The molecule has 1 amide bonds. The number of benzene rings is 2. The van der Waals surface area contributed by atoms with Gasteiger partial charge in [-0.1, -0.05) is 29.8 Å². The lowest BCUT2D eigenvalue weighted by Gasteiger charge is -2.15. The molecule has 1 heterocycles. The van der Waals surface area contributed by atoms with Gasteiger partial charge in [0.2, 0.25) is 0 Å². The molecular weight excluding hydrogens is 417 g/mol. The molecule has 8 heteroatoms. The summed E-state index contributed by atoms with van der Waals surface area (Å²) in [5.74, 6) is -0.984. The minimum Gasteiger partial charge on any atom is -0.481 e. The van der Waals surface area contributed by atoms with Crippen LogP contribution in [0.1, 0.15) is 17.3 Å². The van der Waals surface area contributed by atoms with E-state index in [1.165, 1.54) is 30.6 Å². The molecule has 0 bridgehead atoms. The first kappa shape index (κ1) is 20.8. The number of carbonyl (C=O) groups excluding carboxylic acids is 2. The van der Waals surface area contributed by atoms with Gasteiger partial charge in [0.05, 0.1) is 7.11 Å². The first-order chi connectivity index (χ1) is 13.9. The summed E-state index contributed by atoms with van der Waals surface area (Å²) < 4.78 is 23.7. The SMILES string of the molecule is COC(=O)c1c(-c2ccc(F)cc2)csc1NC(=O)C(C)Oc1cccc(Cl)c1. The van der Waals surface area contributed by atoms with Gasteiger partial charge in [0.15, 0.2) is 6.10 Å². The van der Waals surface area contributed by atoms with E-state index in [2.05, 4.69) is 5.32 Å². The molecule has 1 N–H and O–H groups in total. The van der Waals surface area contributed by atoms with E-state index in [-0.39, 0.29) is 11.4 Å². The van der Waals surface area contributed by atoms with Gasteiger partial charge in [-0.3, -0.25) is 4.79 Å². The van der Waals surface area contributed by atoms with Crippen molar-refractivity contribution in [1.29, 1.82) is 0 Å². The lowest BCUT2D eigenvalue weighted by molar-refractivity contribution is -0.122. The fraction of sp³-hybridized carbons (Fsp3) is 0.143. The first-order valence-electron chi connectivity index (χ1n) is 8.58. The lowest BCUT2D eigenvalue weighted by Crippen LogP contribution is -2.30. The van der Waals surface area contributed by atoms with E-state index in [4.69, 9.17) is 21.1 Å². The summed E-state index contributed by atoms with van der Waals surface area (Å²) >= 11 is 7.10. The van der Waals surface area contributed by atoms with E-state index in [9.17, 15) is 14.0 Å². The summed E-state index contributed by atoms with van der Waals surface area (Å²) in [5.41, 5.74) is 1.37. The van der Waals surface area contributed by atoms with Gasteiger partial charge in [-0.2, -0.15) is 0 Å². The van der Waals surface area contributed by atoms with Crippen molar-refractivity contribution in [3.05, 3.63) is 70.3 Å². The topological polar surface area (TPSA) is 64.6 Å². The Morgan fingerprint density at radius 1 is 1.17 bits per heavy atom. The maximum absolute atomic E-state index is 13.2. The number of rotatable bonds is 6. The van der Waals surface area contributed by atoms with E-state index in [1.807, 2.05) is 0 Å². The average Bonchev–Trinajstić information content (AvgIpc) is 3.11. The molecule has 1 unspecified atom stereocenters.